The highest BCUT2D eigenvalue weighted by Crippen LogP contribution is 2.42. The molecule has 0 saturated carbocycles. The van der Waals surface area contributed by atoms with E-state index in [9.17, 15) is 13.5 Å². The molecule has 33 heavy (non-hydrogen) atoms. The van der Waals surface area contributed by atoms with Crippen LogP contribution in [0.4, 0.5) is 5.69 Å². The summed E-state index contributed by atoms with van der Waals surface area (Å²) in [5.74, 6) is -0.0778. The average molecular weight is 514 g/mol. The minimum Gasteiger partial charge on any atom is -0.504 e. The SMILES string of the molecule is CSNC(=Nc1csc(S(=O)(=O)N2CCCC2)c1O)C(=N)N(C)[C@@H](c1ccoc1)C(C)(C)C. The van der Waals surface area contributed by atoms with Crippen molar-refractivity contribution < 1.29 is 17.9 Å². The van der Waals surface area contributed by atoms with E-state index in [0.29, 0.717) is 13.1 Å². The molecule has 1 saturated heterocycles. The number of aromatic hydroxyl groups is 1. The van der Waals surface area contributed by atoms with Gasteiger partial charge < -0.3 is 19.1 Å². The molecule has 3 heterocycles. The molecule has 0 aromatic carbocycles. The van der Waals surface area contributed by atoms with Gasteiger partial charge in [0.2, 0.25) is 0 Å². The van der Waals surface area contributed by atoms with Crippen molar-refractivity contribution in [3.63, 3.8) is 0 Å². The van der Waals surface area contributed by atoms with Crippen LogP contribution in [0.5, 0.6) is 5.75 Å². The Balaban J connectivity index is 1.95. The third kappa shape index (κ3) is 5.39. The number of hydrogen-bond acceptors (Lipinski definition) is 8. The van der Waals surface area contributed by atoms with Crippen molar-refractivity contribution >= 4 is 50.7 Å². The Labute approximate surface area is 203 Å². The fourth-order valence-corrected chi connectivity index (χ4v) is 7.21. The molecule has 0 radical (unpaired) electrons. The summed E-state index contributed by atoms with van der Waals surface area (Å²) in [6.45, 7) is 7.14. The van der Waals surface area contributed by atoms with E-state index in [1.165, 1.54) is 21.6 Å². The first-order chi connectivity index (χ1) is 15.5. The van der Waals surface area contributed by atoms with Crippen LogP contribution in [0.25, 0.3) is 0 Å². The Morgan fingerprint density at radius 1 is 1.39 bits per heavy atom. The summed E-state index contributed by atoms with van der Waals surface area (Å²) in [6.07, 6.45) is 6.70. The highest BCUT2D eigenvalue weighted by molar-refractivity contribution is 7.97. The zero-order chi connectivity index (χ0) is 24.4. The van der Waals surface area contributed by atoms with Crippen LogP contribution in [0.1, 0.15) is 45.2 Å². The van der Waals surface area contributed by atoms with Gasteiger partial charge in [0.25, 0.3) is 10.0 Å². The molecule has 2 aromatic rings. The third-order valence-corrected chi connectivity index (χ3v) is 9.20. The number of thiophene rings is 1. The summed E-state index contributed by atoms with van der Waals surface area (Å²) in [6, 6.07) is 1.69. The topological polar surface area (TPSA) is 122 Å². The average Bonchev–Trinajstić information content (AvgIpc) is 3.49. The fraction of sp³-hybridized carbons (Fsp3) is 0.524. The first kappa shape index (κ1) is 25.6. The Morgan fingerprint density at radius 2 is 2.06 bits per heavy atom. The second kappa shape index (κ2) is 10.1. The molecule has 0 bridgehead atoms. The van der Waals surface area contributed by atoms with Crippen LogP contribution in [-0.4, -0.2) is 60.8 Å². The summed E-state index contributed by atoms with van der Waals surface area (Å²) in [4.78, 5) is 6.24. The van der Waals surface area contributed by atoms with E-state index in [1.54, 1.807) is 30.7 Å². The summed E-state index contributed by atoms with van der Waals surface area (Å²) in [5, 5.41) is 21.1. The molecule has 0 spiro atoms. The van der Waals surface area contributed by atoms with E-state index < -0.39 is 10.0 Å². The van der Waals surface area contributed by atoms with Crippen molar-refractivity contribution in [2.75, 3.05) is 26.4 Å². The quantitative estimate of drug-likeness (QED) is 0.297. The van der Waals surface area contributed by atoms with E-state index in [4.69, 9.17) is 9.83 Å². The highest BCUT2D eigenvalue weighted by Gasteiger charge is 2.35. The van der Waals surface area contributed by atoms with E-state index in [1.807, 2.05) is 6.07 Å². The molecule has 3 N–H and O–H groups in total. The number of furan rings is 1. The van der Waals surface area contributed by atoms with Gasteiger partial charge in [-0.2, -0.15) is 4.31 Å². The van der Waals surface area contributed by atoms with Gasteiger partial charge in [0, 0.05) is 37.3 Å². The van der Waals surface area contributed by atoms with Gasteiger partial charge in [0.05, 0.1) is 18.6 Å². The van der Waals surface area contributed by atoms with Gasteiger partial charge in [-0.25, -0.2) is 13.4 Å². The molecule has 1 atom stereocenters. The lowest BCUT2D eigenvalue weighted by Gasteiger charge is -2.39. The molecule has 1 fully saturated rings. The van der Waals surface area contributed by atoms with Crippen molar-refractivity contribution in [1.29, 1.82) is 5.41 Å². The smallest absolute Gasteiger partial charge is 0.256 e. The Kier molecular flexibility index (Phi) is 7.82. The molecule has 182 valence electrons. The molecule has 3 rings (SSSR count). The molecular formula is C21H31N5O4S3. The molecule has 1 aliphatic rings. The Morgan fingerprint density at radius 3 is 2.61 bits per heavy atom. The van der Waals surface area contributed by atoms with E-state index in [2.05, 4.69) is 30.5 Å². The number of amidine groups is 2. The molecule has 0 aliphatic carbocycles. The Bertz CT molecular complexity index is 1100. The monoisotopic (exact) mass is 513 g/mol. The van der Waals surface area contributed by atoms with Gasteiger partial charge in [-0.1, -0.05) is 32.7 Å². The number of hydrogen-bond donors (Lipinski definition) is 3. The van der Waals surface area contributed by atoms with Crippen molar-refractivity contribution in [1.82, 2.24) is 13.9 Å². The number of likely N-dealkylation sites (N-methyl/N-ethyl adjacent to an activating group) is 1. The fourth-order valence-electron chi connectivity index (χ4n) is 4.01. The van der Waals surface area contributed by atoms with Crippen LogP contribution < -0.4 is 4.72 Å². The van der Waals surface area contributed by atoms with Crippen LogP contribution in [0, 0.1) is 10.8 Å². The number of rotatable bonds is 6. The van der Waals surface area contributed by atoms with Crippen molar-refractivity contribution in [2.24, 2.45) is 10.4 Å². The van der Waals surface area contributed by atoms with Gasteiger partial charge in [-0.3, -0.25) is 5.41 Å². The first-order valence-corrected chi connectivity index (χ1v) is 14.0. The van der Waals surface area contributed by atoms with Gasteiger partial charge in [-0.15, -0.1) is 11.3 Å². The van der Waals surface area contributed by atoms with E-state index >= 15 is 0 Å². The molecule has 12 heteroatoms. The zero-order valence-electron chi connectivity index (χ0n) is 19.5. The highest BCUT2D eigenvalue weighted by atomic mass is 32.2. The summed E-state index contributed by atoms with van der Waals surface area (Å²) >= 11 is 2.20. The zero-order valence-corrected chi connectivity index (χ0v) is 21.9. The van der Waals surface area contributed by atoms with Crippen LogP contribution >= 0.6 is 23.3 Å². The van der Waals surface area contributed by atoms with Crippen LogP contribution in [0.2, 0.25) is 0 Å². The second-order valence-electron chi connectivity index (χ2n) is 8.92. The minimum absolute atomic E-state index is 0.0972. The van der Waals surface area contributed by atoms with Gasteiger partial charge in [0.15, 0.2) is 21.6 Å². The van der Waals surface area contributed by atoms with Crippen LogP contribution in [0.15, 0.2) is 37.6 Å². The predicted molar refractivity (Wildman–Crippen MR) is 134 cm³/mol. The van der Waals surface area contributed by atoms with Crippen LogP contribution in [-0.2, 0) is 10.0 Å². The van der Waals surface area contributed by atoms with Gasteiger partial charge >= 0.3 is 0 Å². The normalized spacial score (nSPS) is 16.7. The van der Waals surface area contributed by atoms with Gasteiger partial charge in [0.1, 0.15) is 5.69 Å². The maximum atomic E-state index is 12.9. The molecule has 9 nitrogen and oxygen atoms in total. The van der Waals surface area contributed by atoms with E-state index in [0.717, 1.165) is 29.7 Å². The largest absolute Gasteiger partial charge is 0.504 e. The molecule has 0 unspecified atom stereocenters. The number of nitrogens with zero attached hydrogens (tertiary/aromatic N) is 3. The van der Waals surface area contributed by atoms with Crippen molar-refractivity contribution in [3.8, 4) is 5.75 Å². The van der Waals surface area contributed by atoms with Crippen LogP contribution in [0.3, 0.4) is 0 Å². The maximum absolute atomic E-state index is 12.9. The predicted octanol–water partition coefficient (Wildman–Crippen LogP) is 4.43. The van der Waals surface area contributed by atoms with Crippen molar-refractivity contribution in [3.05, 3.63) is 29.5 Å². The summed E-state index contributed by atoms with van der Waals surface area (Å²) < 4.78 is 35.4. The Hall–Kier alpha value is -2.02. The molecule has 2 aromatic heterocycles. The molecular weight excluding hydrogens is 482 g/mol. The second-order valence-corrected chi connectivity index (χ2v) is 12.5. The summed E-state index contributed by atoms with van der Waals surface area (Å²) in [5.41, 5.74) is 0.815. The lowest BCUT2D eigenvalue weighted by atomic mass is 9.82. The number of aliphatic imine (C=N–C) groups is 1. The summed E-state index contributed by atoms with van der Waals surface area (Å²) in [7, 11) is -1.96. The third-order valence-electron chi connectivity index (χ3n) is 5.43. The number of nitrogens with one attached hydrogen (secondary N) is 2. The lowest BCUT2D eigenvalue weighted by molar-refractivity contribution is 0.192. The molecule has 0 amide bonds. The van der Waals surface area contributed by atoms with Crippen molar-refractivity contribution in [2.45, 2.75) is 43.9 Å². The molecule has 1 aliphatic heterocycles. The minimum atomic E-state index is -3.76. The van der Waals surface area contributed by atoms with Gasteiger partial charge in [-0.05, 0) is 24.3 Å². The number of sulfonamides is 1. The van der Waals surface area contributed by atoms with E-state index in [-0.39, 0.29) is 38.8 Å². The standard InChI is InChI=1S/C21H31N5O4S3/c1-21(2,3)17(14-8-11-30-12-14)25(4)18(22)19(24-31-5)23-15-13-32-20(16(15)27)33(28,29)26-9-6-7-10-26/h8,11-13,17,22,27H,6-7,9-10H2,1-5H3,(H,23,24)/t17-/m0/s1. The lowest BCUT2D eigenvalue weighted by Crippen LogP contribution is -2.44. The maximum Gasteiger partial charge on any atom is 0.256 e. The first-order valence-electron chi connectivity index (χ1n) is 10.5.